The van der Waals surface area contributed by atoms with Gasteiger partial charge in [-0.25, -0.2) is 0 Å². The SMILES string of the molecule is CCCC1CCC(O)(CC#N)CC1. The highest BCUT2D eigenvalue weighted by atomic mass is 16.3. The van der Waals surface area contributed by atoms with Crippen LogP contribution < -0.4 is 0 Å². The summed E-state index contributed by atoms with van der Waals surface area (Å²) >= 11 is 0. The molecule has 74 valence electrons. The number of hydrogen-bond acceptors (Lipinski definition) is 2. The largest absolute Gasteiger partial charge is 0.389 e. The molecule has 0 saturated heterocycles. The van der Waals surface area contributed by atoms with E-state index in [9.17, 15) is 5.11 Å². The van der Waals surface area contributed by atoms with Gasteiger partial charge in [-0.2, -0.15) is 5.26 Å². The number of nitrogens with zero attached hydrogens (tertiary/aromatic N) is 1. The number of rotatable bonds is 3. The van der Waals surface area contributed by atoms with Gasteiger partial charge in [0.15, 0.2) is 0 Å². The van der Waals surface area contributed by atoms with Crippen LogP contribution in [0, 0.1) is 17.2 Å². The Balaban J connectivity index is 2.34. The zero-order valence-electron chi connectivity index (χ0n) is 8.42. The Morgan fingerprint density at radius 1 is 1.46 bits per heavy atom. The Labute approximate surface area is 80.6 Å². The van der Waals surface area contributed by atoms with Crippen LogP contribution in [0.4, 0.5) is 0 Å². The van der Waals surface area contributed by atoms with E-state index in [1.165, 1.54) is 12.8 Å². The lowest BCUT2D eigenvalue weighted by Crippen LogP contribution is -2.33. The van der Waals surface area contributed by atoms with Gasteiger partial charge >= 0.3 is 0 Å². The van der Waals surface area contributed by atoms with Crippen LogP contribution in [0.1, 0.15) is 51.9 Å². The van der Waals surface area contributed by atoms with Crippen molar-refractivity contribution in [1.29, 1.82) is 5.26 Å². The van der Waals surface area contributed by atoms with Gasteiger partial charge in [0.25, 0.3) is 0 Å². The van der Waals surface area contributed by atoms with E-state index in [-0.39, 0.29) is 0 Å². The molecule has 0 aromatic heterocycles. The minimum atomic E-state index is -0.654. The summed E-state index contributed by atoms with van der Waals surface area (Å²) in [6.07, 6.45) is 6.68. The zero-order chi connectivity index (χ0) is 9.73. The molecule has 0 spiro atoms. The van der Waals surface area contributed by atoms with Crippen LogP contribution in [0.5, 0.6) is 0 Å². The second-order valence-corrected chi connectivity index (χ2v) is 4.29. The van der Waals surface area contributed by atoms with Crippen molar-refractivity contribution < 1.29 is 5.11 Å². The predicted octanol–water partition coefficient (Wildman–Crippen LogP) is 2.62. The number of aliphatic hydroxyl groups is 1. The third-order valence-electron chi connectivity index (χ3n) is 3.14. The van der Waals surface area contributed by atoms with Gasteiger partial charge in [0.1, 0.15) is 0 Å². The molecular weight excluding hydrogens is 162 g/mol. The quantitative estimate of drug-likeness (QED) is 0.727. The van der Waals surface area contributed by atoms with E-state index in [2.05, 4.69) is 13.0 Å². The van der Waals surface area contributed by atoms with E-state index in [0.717, 1.165) is 31.6 Å². The normalized spacial score (nSPS) is 34.1. The van der Waals surface area contributed by atoms with Crippen molar-refractivity contribution in [2.24, 2.45) is 5.92 Å². The summed E-state index contributed by atoms with van der Waals surface area (Å²) in [4.78, 5) is 0. The molecule has 1 N–H and O–H groups in total. The van der Waals surface area contributed by atoms with Crippen molar-refractivity contribution in [2.45, 2.75) is 57.5 Å². The van der Waals surface area contributed by atoms with E-state index in [0.29, 0.717) is 6.42 Å². The van der Waals surface area contributed by atoms with E-state index < -0.39 is 5.60 Å². The van der Waals surface area contributed by atoms with Gasteiger partial charge in [0.2, 0.25) is 0 Å². The molecule has 1 fully saturated rings. The van der Waals surface area contributed by atoms with Crippen molar-refractivity contribution in [3.8, 4) is 6.07 Å². The van der Waals surface area contributed by atoms with Crippen molar-refractivity contribution >= 4 is 0 Å². The summed E-state index contributed by atoms with van der Waals surface area (Å²) in [5.74, 6) is 0.795. The summed E-state index contributed by atoms with van der Waals surface area (Å²) in [7, 11) is 0. The fourth-order valence-corrected chi connectivity index (χ4v) is 2.24. The maximum Gasteiger partial charge on any atom is 0.0777 e. The maximum absolute atomic E-state index is 9.93. The molecule has 1 rings (SSSR count). The maximum atomic E-state index is 9.93. The molecule has 1 aliphatic carbocycles. The predicted molar refractivity (Wildman–Crippen MR) is 52.0 cm³/mol. The summed E-state index contributed by atoms with van der Waals surface area (Å²) in [5, 5.41) is 18.5. The highest BCUT2D eigenvalue weighted by Gasteiger charge is 2.32. The molecule has 1 aliphatic rings. The standard InChI is InChI=1S/C11H19NO/c1-2-3-10-4-6-11(13,7-5-10)8-9-12/h10,13H,2-8H2,1H3. The second-order valence-electron chi connectivity index (χ2n) is 4.29. The third kappa shape index (κ3) is 3.00. The lowest BCUT2D eigenvalue weighted by atomic mass is 9.76. The van der Waals surface area contributed by atoms with E-state index in [1.807, 2.05) is 0 Å². The van der Waals surface area contributed by atoms with Gasteiger partial charge in [-0.3, -0.25) is 0 Å². The minimum Gasteiger partial charge on any atom is -0.389 e. The fourth-order valence-electron chi connectivity index (χ4n) is 2.24. The van der Waals surface area contributed by atoms with Crippen LogP contribution in [0.15, 0.2) is 0 Å². The van der Waals surface area contributed by atoms with E-state index >= 15 is 0 Å². The molecule has 0 atom stereocenters. The fraction of sp³-hybridized carbons (Fsp3) is 0.909. The summed E-state index contributed by atoms with van der Waals surface area (Å²) in [6, 6.07) is 2.07. The smallest absolute Gasteiger partial charge is 0.0777 e. The zero-order valence-corrected chi connectivity index (χ0v) is 8.42. The molecule has 0 heterocycles. The lowest BCUT2D eigenvalue weighted by molar-refractivity contribution is -0.00609. The van der Waals surface area contributed by atoms with Gasteiger partial charge in [-0.15, -0.1) is 0 Å². The Morgan fingerprint density at radius 3 is 2.54 bits per heavy atom. The first-order valence-corrected chi connectivity index (χ1v) is 5.29. The van der Waals surface area contributed by atoms with Gasteiger partial charge in [-0.05, 0) is 31.6 Å². The van der Waals surface area contributed by atoms with Crippen molar-refractivity contribution in [3.05, 3.63) is 0 Å². The van der Waals surface area contributed by atoms with E-state index in [1.54, 1.807) is 0 Å². The molecule has 0 aromatic rings. The van der Waals surface area contributed by atoms with Crippen LogP contribution in [0.2, 0.25) is 0 Å². The van der Waals surface area contributed by atoms with Crippen LogP contribution >= 0.6 is 0 Å². The molecule has 0 aliphatic heterocycles. The molecule has 1 saturated carbocycles. The molecule has 0 radical (unpaired) electrons. The molecule has 0 unspecified atom stereocenters. The lowest BCUT2D eigenvalue weighted by Gasteiger charge is -2.34. The third-order valence-corrected chi connectivity index (χ3v) is 3.14. The average Bonchev–Trinajstić information content (AvgIpc) is 2.10. The summed E-state index contributed by atoms with van der Waals surface area (Å²) in [6.45, 7) is 2.20. The average molecular weight is 181 g/mol. The topological polar surface area (TPSA) is 44.0 Å². The molecule has 2 nitrogen and oxygen atoms in total. The van der Waals surface area contributed by atoms with Crippen molar-refractivity contribution in [3.63, 3.8) is 0 Å². The highest BCUT2D eigenvalue weighted by Crippen LogP contribution is 2.35. The minimum absolute atomic E-state index is 0.311. The molecule has 2 heteroatoms. The van der Waals surface area contributed by atoms with Crippen LogP contribution in [0.25, 0.3) is 0 Å². The van der Waals surface area contributed by atoms with Gasteiger partial charge in [-0.1, -0.05) is 19.8 Å². The van der Waals surface area contributed by atoms with Gasteiger partial charge < -0.3 is 5.11 Å². The number of nitriles is 1. The monoisotopic (exact) mass is 181 g/mol. The Kier molecular flexibility index (Phi) is 3.74. The van der Waals surface area contributed by atoms with Crippen LogP contribution in [-0.2, 0) is 0 Å². The number of hydrogen-bond donors (Lipinski definition) is 1. The first-order valence-electron chi connectivity index (χ1n) is 5.29. The first-order chi connectivity index (χ1) is 6.20. The highest BCUT2D eigenvalue weighted by molar-refractivity contribution is 4.92. The second kappa shape index (κ2) is 4.62. The Bertz CT molecular complexity index is 187. The summed E-state index contributed by atoms with van der Waals surface area (Å²) in [5.41, 5.74) is -0.654. The van der Waals surface area contributed by atoms with Crippen molar-refractivity contribution in [1.82, 2.24) is 0 Å². The first kappa shape index (κ1) is 10.5. The summed E-state index contributed by atoms with van der Waals surface area (Å²) < 4.78 is 0. The Morgan fingerprint density at radius 2 is 2.08 bits per heavy atom. The molecule has 0 bridgehead atoms. The van der Waals surface area contributed by atoms with Gasteiger partial charge in [0.05, 0.1) is 18.1 Å². The molecular formula is C11H19NO. The molecule has 13 heavy (non-hydrogen) atoms. The van der Waals surface area contributed by atoms with E-state index in [4.69, 9.17) is 5.26 Å². The van der Waals surface area contributed by atoms with Gasteiger partial charge in [0, 0.05) is 0 Å². The van der Waals surface area contributed by atoms with Crippen LogP contribution in [0.3, 0.4) is 0 Å². The van der Waals surface area contributed by atoms with Crippen LogP contribution in [-0.4, -0.2) is 10.7 Å². The Hall–Kier alpha value is -0.550. The molecule has 0 aromatic carbocycles. The molecule has 0 amide bonds. The van der Waals surface area contributed by atoms with Crippen molar-refractivity contribution in [2.75, 3.05) is 0 Å².